The second-order valence-electron chi connectivity index (χ2n) is 6.25. The summed E-state index contributed by atoms with van der Waals surface area (Å²) < 4.78 is 24.4. The van der Waals surface area contributed by atoms with Gasteiger partial charge in [-0.05, 0) is 45.5 Å². The van der Waals surface area contributed by atoms with E-state index in [1.165, 1.54) is 39.3 Å². The number of nitrogens with zero attached hydrogens (tertiary/aromatic N) is 3. The van der Waals surface area contributed by atoms with Crippen molar-refractivity contribution < 1.29 is 13.3 Å². The second kappa shape index (κ2) is 10.2. The second-order valence-corrected chi connectivity index (χ2v) is 13.2. The van der Waals surface area contributed by atoms with Crippen LogP contribution in [0.5, 0.6) is 0 Å². The molecule has 0 aliphatic carbocycles. The summed E-state index contributed by atoms with van der Waals surface area (Å²) in [5, 5.41) is 0. The maximum Gasteiger partial charge on any atom is 0.500 e. The Bertz CT molecular complexity index is 395. The molecule has 10 heteroatoms. The molecule has 0 amide bonds. The largest absolute Gasteiger partial charge is 0.500 e. The molecule has 3 aliphatic heterocycles. The lowest BCUT2D eigenvalue weighted by Gasteiger charge is -2.28. The van der Waals surface area contributed by atoms with Gasteiger partial charge in [-0.15, -0.1) is 0 Å². The highest BCUT2D eigenvalue weighted by atomic mass is 32.4. The van der Waals surface area contributed by atoms with Crippen LogP contribution >= 0.6 is 6.49 Å². The fourth-order valence-electron chi connectivity index (χ4n) is 2.77. The summed E-state index contributed by atoms with van der Waals surface area (Å²) in [5.74, 6) is 0. The van der Waals surface area contributed by atoms with E-state index in [-0.39, 0.29) is 0 Å². The standard InChI is InChI=1S/C9H23NO3Si.C6H12N3PS/c1-4-11-14(12-5-2,13-6-3)9-7-8-10;11-10(7-1-2-7,8-3-4-8)9-5-6-9/h4-10H2,1-3H3;1-6H2. The van der Waals surface area contributed by atoms with Gasteiger partial charge in [0.25, 0.3) is 0 Å². The molecule has 0 atom stereocenters. The number of rotatable bonds is 12. The first-order valence-electron chi connectivity index (χ1n) is 9.54. The van der Waals surface area contributed by atoms with E-state index in [2.05, 4.69) is 14.0 Å². The molecule has 7 nitrogen and oxygen atoms in total. The summed E-state index contributed by atoms with van der Waals surface area (Å²) in [6.07, 6.45) is 0.895. The van der Waals surface area contributed by atoms with Crippen molar-refractivity contribution in [3.05, 3.63) is 0 Å². The van der Waals surface area contributed by atoms with Gasteiger partial charge in [-0.25, -0.2) is 14.0 Å². The summed E-state index contributed by atoms with van der Waals surface area (Å²) in [6.45, 7) is 14.7. The maximum atomic E-state index is 5.75. The molecule has 0 saturated carbocycles. The van der Waals surface area contributed by atoms with Crippen molar-refractivity contribution in [3.63, 3.8) is 0 Å². The summed E-state index contributed by atoms with van der Waals surface area (Å²) in [5.41, 5.74) is 5.48. The van der Waals surface area contributed by atoms with Crippen LogP contribution in [0.4, 0.5) is 0 Å². The van der Waals surface area contributed by atoms with Gasteiger partial charge in [-0.3, -0.25) is 0 Å². The van der Waals surface area contributed by atoms with Gasteiger partial charge in [0.2, 0.25) is 0 Å². The first-order valence-corrected chi connectivity index (χ1v) is 14.1. The van der Waals surface area contributed by atoms with Crippen molar-refractivity contribution >= 4 is 27.1 Å². The molecule has 25 heavy (non-hydrogen) atoms. The molecule has 3 heterocycles. The SMILES string of the molecule is CCO[Si](CCCN)(OCC)OCC.S=P(N1CC1)(N1CC1)N1CC1. The van der Waals surface area contributed by atoms with Crippen LogP contribution in [0.15, 0.2) is 0 Å². The lowest BCUT2D eigenvalue weighted by Crippen LogP contribution is -2.46. The molecule has 0 aromatic heterocycles. The van der Waals surface area contributed by atoms with Gasteiger partial charge in [0.1, 0.15) is 6.49 Å². The fourth-order valence-corrected chi connectivity index (χ4v) is 9.79. The summed E-state index contributed by atoms with van der Waals surface area (Å²) >= 11 is 5.75. The van der Waals surface area contributed by atoms with Crippen LogP contribution in [0.1, 0.15) is 27.2 Å². The Labute approximate surface area is 159 Å². The van der Waals surface area contributed by atoms with Crippen LogP contribution in [0.2, 0.25) is 6.04 Å². The fraction of sp³-hybridized carbons (Fsp3) is 1.00. The Kier molecular flexibility index (Phi) is 8.94. The van der Waals surface area contributed by atoms with Gasteiger partial charge in [-0.1, -0.05) is 0 Å². The Balaban J connectivity index is 0.000000183. The molecule has 148 valence electrons. The Morgan fingerprint density at radius 3 is 1.44 bits per heavy atom. The smallest absolute Gasteiger partial charge is 0.374 e. The minimum Gasteiger partial charge on any atom is -0.374 e. The quantitative estimate of drug-likeness (QED) is 0.295. The molecule has 0 spiro atoms. The van der Waals surface area contributed by atoms with Crippen molar-refractivity contribution in [1.29, 1.82) is 0 Å². The Hall–Kier alpha value is 0.587. The average Bonchev–Trinajstić information content (AvgIpc) is 3.41. The van der Waals surface area contributed by atoms with Crippen LogP contribution in [0.25, 0.3) is 0 Å². The van der Waals surface area contributed by atoms with E-state index in [0.29, 0.717) is 26.4 Å². The van der Waals surface area contributed by atoms with Gasteiger partial charge in [0, 0.05) is 65.1 Å². The lowest BCUT2D eigenvalue weighted by molar-refractivity contribution is 0.0710. The monoisotopic (exact) mass is 410 g/mol. The van der Waals surface area contributed by atoms with Gasteiger partial charge in [0.15, 0.2) is 0 Å². The van der Waals surface area contributed by atoms with Crippen molar-refractivity contribution in [3.8, 4) is 0 Å². The van der Waals surface area contributed by atoms with Crippen LogP contribution in [0.3, 0.4) is 0 Å². The molecule has 0 bridgehead atoms. The van der Waals surface area contributed by atoms with Gasteiger partial charge in [0.05, 0.1) is 0 Å². The maximum absolute atomic E-state index is 5.75. The molecule has 3 rings (SSSR count). The molecular formula is C15H35N4O3PSSi. The third-order valence-electron chi connectivity index (χ3n) is 4.16. The van der Waals surface area contributed by atoms with Crippen molar-refractivity contribution in [2.24, 2.45) is 5.73 Å². The van der Waals surface area contributed by atoms with Crippen LogP contribution in [-0.2, 0) is 25.1 Å². The van der Waals surface area contributed by atoms with Gasteiger partial charge >= 0.3 is 8.80 Å². The summed E-state index contributed by atoms with van der Waals surface area (Å²) in [4.78, 5) is 0. The van der Waals surface area contributed by atoms with E-state index < -0.39 is 15.3 Å². The van der Waals surface area contributed by atoms with E-state index in [1.807, 2.05) is 20.8 Å². The molecule has 0 aromatic rings. The number of nitrogens with two attached hydrogens (primary N) is 1. The molecule has 3 aliphatic rings. The number of hydrogen-bond donors (Lipinski definition) is 1. The Morgan fingerprint density at radius 1 is 0.840 bits per heavy atom. The van der Waals surface area contributed by atoms with Crippen molar-refractivity contribution in [2.75, 3.05) is 65.6 Å². The molecule has 0 radical (unpaired) electrons. The minimum atomic E-state index is -2.40. The normalized spacial score (nSPS) is 21.0. The van der Waals surface area contributed by atoms with Crippen molar-refractivity contribution in [1.82, 2.24) is 14.0 Å². The minimum absolute atomic E-state index is 0.636. The zero-order valence-electron chi connectivity index (χ0n) is 16.0. The first kappa shape index (κ1) is 21.9. The van der Waals surface area contributed by atoms with E-state index in [9.17, 15) is 0 Å². The molecule has 0 aromatic carbocycles. The predicted molar refractivity (Wildman–Crippen MR) is 108 cm³/mol. The highest BCUT2D eigenvalue weighted by Gasteiger charge is 2.50. The molecule has 2 N–H and O–H groups in total. The predicted octanol–water partition coefficient (Wildman–Crippen LogP) is 1.54. The highest BCUT2D eigenvalue weighted by Crippen LogP contribution is 2.65. The Morgan fingerprint density at radius 2 is 1.20 bits per heavy atom. The van der Waals surface area contributed by atoms with Crippen LogP contribution in [0, 0.1) is 0 Å². The van der Waals surface area contributed by atoms with E-state index in [4.69, 9.17) is 30.8 Å². The van der Waals surface area contributed by atoms with Crippen LogP contribution in [-0.4, -0.2) is 88.4 Å². The summed E-state index contributed by atoms with van der Waals surface area (Å²) in [7, 11) is -2.40. The summed E-state index contributed by atoms with van der Waals surface area (Å²) in [6, 6.07) is 0.818. The molecule has 3 fully saturated rings. The highest BCUT2D eigenvalue weighted by molar-refractivity contribution is 8.11. The number of hydrogen-bond acceptors (Lipinski definition) is 5. The zero-order valence-corrected chi connectivity index (χ0v) is 18.7. The average molecular weight is 411 g/mol. The van der Waals surface area contributed by atoms with E-state index >= 15 is 0 Å². The van der Waals surface area contributed by atoms with Crippen molar-refractivity contribution in [2.45, 2.75) is 33.2 Å². The molecule has 0 unspecified atom stereocenters. The van der Waals surface area contributed by atoms with Crippen LogP contribution < -0.4 is 5.73 Å². The third-order valence-corrected chi connectivity index (χ3v) is 12.8. The first-order chi connectivity index (χ1) is 12.1. The van der Waals surface area contributed by atoms with E-state index in [0.717, 1.165) is 12.5 Å². The topological polar surface area (TPSA) is 62.7 Å². The third kappa shape index (κ3) is 6.31. The zero-order chi connectivity index (χ0) is 18.3. The van der Waals surface area contributed by atoms with Gasteiger partial charge in [-0.2, -0.15) is 0 Å². The molecular weight excluding hydrogens is 375 g/mol. The lowest BCUT2D eigenvalue weighted by atomic mass is 10.5. The van der Waals surface area contributed by atoms with E-state index in [1.54, 1.807) is 0 Å². The molecule has 3 saturated heterocycles. The van der Waals surface area contributed by atoms with Gasteiger partial charge < -0.3 is 19.0 Å².